The Morgan fingerprint density at radius 3 is 2.47 bits per heavy atom. The predicted molar refractivity (Wildman–Crippen MR) is 76.9 cm³/mol. The first-order valence-electron chi connectivity index (χ1n) is 5.77. The summed E-state index contributed by atoms with van der Waals surface area (Å²) in [6, 6.07) is 14.5. The van der Waals surface area contributed by atoms with Gasteiger partial charge in [0.1, 0.15) is 6.61 Å². The molecule has 0 aliphatic carbocycles. The third kappa shape index (κ3) is 4.06. The number of carbonyl (C=O) groups is 1. The minimum atomic E-state index is -0.155. The molecule has 0 N–H and O–H groups in total. The number of hydrogen-bond acceptors (Lipinski definition) is 2. The zero-order valence-corrected chi connectivity index (χ0v) is 11.6. The van der Waals surface area contributed by atoms with E-state index in [-0.39, 0.29) is 12.4 Å². The van der Waals surface area contributed by atoms with Crippen molar-refractivity contribution in [2.24, 2.45) is 0 Å². The fraction of sp³-hybridized carbons (Fsp3) is 0.133. The minimum Gasteiger partial charge on any atom is -0.369 e. The van der Waals surface area contributed by atoms with E-state index in [1.165, 1.54) is 0 Å². The standard InChI is InChI=1S/C15H12Cl2O2/c16-12-6-7-13(14(17)8-12)15(18)10-19-9-11-4-2-1-3-5-11/h1-8H,9-10H2. The van der Waals surface area contributed by atoms with Crippen molar-refractivity contribution in [3.8, 4) is 0 Å². The lowest BCUT2D eigenvalue weighted by Gasteiger charge is -2.05. The molecule has 0 aliphatic rings. The fourth-order valence-electron chi connectivity index (χ4n) is 1.63. The second-order valence-electron chi connectivity index (χ2n) is 4.03. The molecule has 0 unspecified atom stereocenters. The number of Topliss-reactive ketones (excluding diaryl/α,β-unsaturated/α-hetero) is 1. The number of hydrogen-bond donors (Lipinski definition) is 0. The lowest BCUT2D eigenvalue weighted by atomic mass is 10.1. The van der Waals surface area contributed by atoms with Crippen molar-refractivity contribution in [1.29, 1.82) is 0 Å². The second-order valence-corrected chi connectivity index (χ2v) is 4.87. The van der Waals surface area contributed by atoms with Crippen molar-refractivity contribution in [2.45, 2.75) is 6.61 Å². The summed E-state index contributed by atoms with van der Waals surface area (Å²) >= 11 is 11.7. The second kappa shape index (κ2) is 6.71. The van der Waals surface area contributed by atoms with Crippen molar-refractivity contribution in [1.82, 2.24) is 0 Å². The lowest BCUT2D eigenvalue weighted by Crippen LogP contribution is -2.09. The van der Waals surface area contributed by atoms with E-state index < -0.39 is 0 Å². The van der Waals surface area contributed by atoms with Crippen LogP contribution in [-0.4, -0.2) is 12.4 Å². The molecule has 2 aromatic rings. The molecule has 98 valence electrons. The Balaban J connectivity index is 1.91. The van der Waals surface area contributed by atoms with Gasteiger partial charge in [-0.15, -0.1) is 0 Å². The van der Waals surface area contributed by atoms with E-state index >= 15 is 0 Å². The largest absolute Gasteiger partial charge is 0.369 e. The monoisotopic (exact) mass is 294 g/mol. The summed E-state index contributed by atoms with van der Waals surface area (Å²) in [5.74, 6) is -0.155. The third-order valence-electron chi connectivity index (χ3n) is 2.58. The van der Waals surface area contributed by atoms with Gasteiger partial charge in [0.05, 0.1) is 11.6 Å². The smallest absolute Gasteiger partial charge is 0.189 e. The van der Waals surface area contributed by atoms with Gasteiger partial charge in [-0.3, -0.25) is 4.79 Å². The van der Waals surface area contributed by atoms with Crippen LogP contribution in [0, 0.1) is 0 Å². The van der Waals surface area contributed by atoms with E-state index in [0.29, 0.717) is 22.2 Å². The predicted octanol–water partition coefficient (Wildman–Crippen LogP) is 4.39. The molecule has 4 heteroatoms. The van der Waals surface area contributed by atoms with Crippen molar-refractivity contribution in [2.75, 3.05) is 6.61 Å². The molecule has 0 bridgehead atoms. The number of rotatable bonds is 5. The number of ketones is 1. The highest BCUT2D eigenvalue weighted by molar-refractivity contribution is 6.36. The van der Waals surface area contributed by atoms with Gasteiger partial charge >= 0.3 is 0 Å². The maximum atomic E-state index is 11.9. The minimum absolute atomic E-state index is 0.00372. The van der Waals surface area contributed by atoms with Gasteiger partial charge in [0, 0.05) is 10.6 Å². The molecule has 0 aromatic heterocycles. The average molecular weight is 295 g/mol. The molecule has 2 rings (SSSR count). The van der Waals surface area contributed by atoms with Crippen molar-refractivity contribution >= 4 is 29.0 Å². The number of ether oxygens (including phenoxy) is 1. The van der Waals surface area contributed by atoms with Gasteiger partial charge in [-0.25, -0.2) is 0 Å². The molecule has 0 spiro atoms. The van der Waals surface area contributed by atoms with Crippen LogP contribution in [0.25, 0.3) is 0 Å². The number of halogens is 2. The van der Waals surface area contributed by atoms with Crippen molar-refractivity contribution in [3.63, 3.8) is 0 Å². The number of benzene rings is 2. The first kappa shape index (κ1) is 14.1. The van der Waals surface area contributed by atoms with E-state index in [1.54, 1.807) is 18.2 Å². The summed E-state index contributed by atoms with van der Waals surface area (Å²) in [6.45, 7) is 0.397. The Kier molecular flexibility index (Phi) is 4.97. The van der Waals surface area contributed by atoms with E-state index in [0.717, 1.165) is 5.56 Å². The normalized spacial score (nSPS) is 10.4. The fourth-order valence-corrected chi connectivity index (χ4v) is 2.14. The van der Waals surface area contributed by atoms with Crippen LogP contribution in [0.5, 0.6) is 0 Å². The lowest BCUT2D eigenvalue weighted by molar-refractivity contribution is 0.0727. The molecular formula is C15H12Cl2O2. The van der Waals surface area contributed by atoms with Crippen LogP contribution >= 0.6 is 23.2 Å². The van der Waals surface area contributed by atoms with Crippen LogP contribution in [-0.2, 0) is 11.3 Å². The first-order chi connectivity index (χ1) is 9.16. The van der Waals surface area contributed by atoms with Crippen LogP contribution in [0.2, 0.25) is 10.0 Å². The van der Waals surface area contributed by atoms with E-state index in [1.807, 2.05) is 30.3 Å². The molecule has 0 radical (unpaired) electrons. The van der Waals surface area contributed by atoms with Gasteiger partial charge in [-0.1, -0.05) is 53.5 Å². The summed E-state index contributed by atoms with van der Waals surface area (Å²) in [6.07, 6.45) is 0. The van der Waals surface area contributed by atoms with Gasteiger partial charge in [0.15, 0.2) is 5.78 Å². The molecule has 0 saturated carbocycles. The summed E-state index contributed by atoms with van der Waals surface area (Å²) in [4.78, 5) is 11.9. The summed E-state index contributed by atoms with van der Waals surface area (Å²) in [5.41, 5.74) is 1.46. The van der Waals surface area contributed by atoms with Crippen molar-refractivity contribution in [3.05, 3.63) is 69.7 Å². The Morgan fingerprint density at radius 2 is 1.79 bits per heavy atom. The van der Waals surface area contributed by atoms with E-state index in [9.17, 15) is 4.79 Å². The van der Waals surface area contributed by atoms with E-state index in [4.69, 9.17) is 27.9 Å². The van der Waals surface area contributed by atoms with Crippen LogP contribution in [0.1, 0.15) is 15.9 Å². The van der Waals surface area contributed by atoms with Crippen molar-refractivity contribution < 1.29 is 9.53 Å². The van der Waals surface area contributed by atoms with Crippen LogP contribution in [0.15, 0.2) is 48.5 Å². The Morgan fingerprint density at radius 1 is 1.05 bits per heavy atom. The molecule has 2 aromatic carbocycles. The summed E-state index contributed by atoms with van der Waals surface area (Å²) in [5, 5.41) is 0.854. The molecule has 19 heavy (non-hydrogen) atoms. The van der Waals surface area contributed by atoms with Crippen LogP contribution < -0.4 is 0 Å². The highest BCUT2D eigenvalue weighted by atomic mass is 35.5. The SMILES string of the molecule is O=C(COCc1ccccc1)c1ccc(Cl)cc1Cl. The maximum absolute atomic E-state index is 11.9. The highest BCUT2D eigenvalue weighted by Gasteiger charge is 2.10. The quantitative estimate of drug-likeness (QED) is 0.764. The zero-order valence-electron chi connectivity index (χ0n) is 10.1. The van der Waals surface area contributed by atoms with Gasteiger partial charge in [0.2, 0.25) is 0 Å². The summed E-state index contributed by atoms with van der Waals surface area (Å²) in [7, 11) is 0. The Labute approximate surface area is 121 Å². The third-order valence-corrected chi connectivity index (χ3v) is 3.12. The van der Waals surface area contributed by atoms with E-state index in [2.05, 4.69) is 0 Å². The number of carbonyl (C=O) groups excluding carboxylic acids is 1. The molecule has 0 atom stereocenters. The highest BCUT2D eigenvalue weighted by Crippen LogP contribution is 2.21. The average Bonchev–Trinajstić information content (AvgIpc) is 2.39. The van der Waals surface area contributed by atoms with Gasteiger partial charge in [-0.05, 0) is 23.8 Å². The summed E-state index contributed by atoms with van der Waals surface area (Å²) < 4.78 is 5.38. The molecule has 0 aliphatic heterocycles. The van der Waals surface area contributed by atoms with Gasteiger partial charge in [0.25, 0.3) is 0 Å². The Hall–Kier alpha value is -1.35. The maximum Gasteiger partial charge on any atom is 0.189 e. The molecule has 0 heterocycles. The molecule has 2 nitrogen and oxygen atoms in total. The molecule has 0 saturated heterocycles. The zero-order chi connectivity index (χ0) is 13.7. The Bertz CT molecular complexity index is 568. The molecular weight excluding hydrogens is 283 g/mol. The van der Waals surface area contributed by atoms with Crippen LogP contribution in [0.3, 0.4) is 0 Å². The first-order valence-corrected chi connectivity index (χ1v) is 6.52. The topological polar surface area (TPSA) is 26.3 Å². The van der Waals surface area contributed by atoms with Gasteiger partial charge < -0.3 is 4.74 Å². The molecule has 0 amide bonds. The molecule has 0 fully saturated rings. The van der Waals surface area contributed by atoms with Gasteiger partial charge in [-0.2, -0.15) is 0 Å². The van der Waals surface area contributed by atoms with Crippen LogP contribution in [0.4, 0.5) is 0 Å².